The van der Waals surface area contributed by atoms with Crippen molar-refractivity contribution >= 4 is 32.8 Å². The second-order valence-electron chi connectivity index (χ2n) is 7.91. The van der Waals surface area contributed by atoms with Crippen LogP contribution in [0.3, 0.4) is 0 Å². The highest BCUT2D eigenvalue weighted by atomic mass is 32.2. The number of rotatable bonds is 7. The highest BCUT2D eigenvalue weighted by Crippen LogP contribution is 2.30. The van der Waals surface area contributed by atoms with Crippen molar-refractivity contribution in [2.75, 3.05) is 13.1 Å². The molecule has 0 spiro atoms. The lowest BCUT2D eigenvalue weighted by molar-refractivity contribution is 0.346. The van der Waals surface area contributed by atoms with Gasteiger partial charge in [0.2, 0.25) is 21.8 Å². The Kier molecular flexibility index (Phi) is 6.22. The van der Waals surface area contributed by atoms with Crippen molar-refractivity contribution in [3.05, 3.63) is 54.4 Å². The maximum Gasteiger partial charge on any atom is 0.247 e. The Morgan fingerprint density at radius 2 is 1.82 bits per heavy atom. The minimum atomic E-state index is -3.50. The molecule has 1 fully saturated rings. The lowest BCUT2D eigenvalue weighted by atomic mass is 10.2. The first-order chi connectivity index (χ1) is 16.1. The number of hydrogen-bond acceptors (Lipinski definition) is 7. The highest BCUT2D eigenvalue weighted by Gasteiger charge is 2.26. The van der Waals surface area contributed by atoms with Crippen molar-refractivity contribution in [1.82, 2.24) is 24.1 Å². The Balaban J connectivity index is 1.38. The molecule has 0 unspecified atom stereocenters. The Labute approximate surface area is 197 Å². The number of imidazole rings is 1. The van der Waals surface area contributed by atoms with E-state index >= 15 is 0 Å². The molecular formula is C23H25N5O3S2. The third kappa shape index (κ3) is 4.42. The molecule has 0 N–H and O–H groups in total. The van der Waals surface area contributed by atoms with Gasteiger partial charge in [0.05, 0.1) is 21.7 Å². The fourth-order valence-corrected chi connectivity index (χ4v) is 6.51. The van der Waals surface area contributed by atoms with E-state index < -0.39 is 10.0 Å². The molecule has 1 saturated heterocycles. The second-order valence-corrected chi connectivity index (χ2v) is 10.8. The summed E-state index contributed by atoms with van der Waals surface area (Å²) in [7, 11) is -3.50. The molecule has 5 rings (SSSR count). The molecule has 1 aliphatic rings. The quantitative estimate of drug-likeness (QED) is 0.355. The molecule has 0 aliphatic carbocycles. The molecule has 33 heavy (non-hydrogen) atoms. The smallest absolute Gasteiger partial charge is 0.247 e. The number of nitrogens with zero attached hydrogens (tertiary/aromatic N) is 5. The molecule has 3 heterocycles. The van der Waals surface area contributed by atoms with E-state index in [2.05, 4.69) is 14.8 Å². The van der Waals surface area contributed by atoms with Crippen LogP contribution in [0.2, 0.25) is 0 Å². The largest absolute Gasteiger partial charge is 0.420 e. The molecule has 4 aromatic rings. The Bertz CT molecular complexity index is 1360. The standard InChI is InChI=1S/C23H25N5O3S2/c1-2-28-20-12-11-18(33(29,30)27-13-7-4-8-14-27)15-19(20)24-23(28)32-16-21-25-26-22(31-21)17-9-5-3-6-10-17/h3,5-6,9-12,15H,2,4,7-8,13-14,16H2,1H3. The van der Waals surface area contributed by atoms with Gasteiger partial charge in [0.15, 0.2) is 5.16 Å². The van der Waals surface area contributed by atoms with Crippen molar-refractivity contribution in [2.24, 2.45) is 0 Å². The summed E-state index contributed by atoms with van der Waals surface area (Å²) in [6, 6.07) is 14.9. The molecule has 172 valence electrons. The van der Waals surface area contributed by atoms with Gasteiger partial charge in [0.25, 0.3) is 0 Å². The number of aryl methyl sites for hydroxylation is 1. The summed E-state index contributed by atoms with van der Waals surface area (Å²) < 4.78 is 35.6. The number of fused-ring (bicyclic) bond motifs is 1. The topological polar surface area (TPSA) is 94.1 Å². The van der Waals surface area contributed by atoms with E-state index in [-0.39, 0.29) is 0 Å². The first kappa shape index (κ1) is 22.1. The van der Waals surface area contributed by atoms with E-state index in [0.717, 1.165) is 42.0 Å². The summed E-state index contributed by atoms with van der Waals surface area (Å²) in [6.45, 7) is 3.93. The van der Waals surface area contributed by atoms with Crippen LogP contribution in [-0.2, 0) is 22.3 Å². The predicted octanol–water partition coefficient (Wildman–Crippen LogP) is 4.57. The summed E-state index contributed by atoms with van der Waals surface area (Å²) in [5.41, 5.74) is 2.46. The zero-order chi connectivity index (χ0) is 22.8. The molecule has 10 heteroatoms. The summed E-state index contributed by atoms with van der Waals surface area (Å²) in [6.07, 6.45) is 2.90. The van der Waals surface area contributed by atoms with E-state index in [9.17, 15) is 8.42 Å². The minimum absolute atomic E-state index is 0.304. The van der Waals surface area contributed by atoms with E-state index in [1.54, 1.807) is 16.4 Å². The maximum absolute atomic E-state index is 13.1. The van der Waals surface area contributed by atoms with Gasteiger partial charge in [-0.1, -0.05) is 36.4 Å². The SMILES string of the molecule is CCn1c(SCc2nnc(-c3ccccc3)o2)nc2cc(S(=O)(=O)N3CCCCC3)ccc21. The summed E-state index contributed by atoms with van der Waals surface area (Å²) in [5.74, 6) is 1.48. The van der Waals surface area contributed by atoms with Crippen LogP contribution in [0.15, 0.2) is 63.0 Å². The van der Waals surface area contributed by atoms with Gasteiger partial charge in [-0.2, -0.15) is 4.31 Å². The average Bonchev–Trinajstić information content (AvgIpc) is 3.47. The Morgan fingerprint density at radius 1 is 1.03 bits per heavy atom. The van der Waals surface area contributed by atoms with Gasteiger partial charge in [-0.3, -0.25) is 0 Å². The maximum atomic E-state index is 13.1. The number of thioether (sulfide) groups is 1. The summed E-state index contributed by atoms with van der Waals surface area (Å²) in [4.78, 5) is 5.04. The van der Waals surface area contributed by atoms with Crippen LogP contribution in [0.25, 0.3) is 22.5 Å². The van der Waals surface area contributed by atoms with Crippen molar-refractivity contribution in [2.45, 2.75) is 48.5 Å². The van der Waals surface area contributed by atoms with Crippen LogP contribution in [0.1, 0.15) is 32.1 Å². The minimum Gasteiger partial charge on any atom is -0.420 e. The van der Waals surface area contributed by atoms with Gasteiger partial charge >= 0.3 is 0 Å². The fraction of sp³-hybridized carbons (Fsp3) is 0.348. The zero-order valence-electron chi connectivity index (χ0n) is 18.3. The molecule has 0 amide bonds. The lowest BCUT2D eigenvalue weighted by Gasteiger charge is -2.25. The molecule has 2 aromatic heterocycles. The normalized spacial score (nSPS) is 15.3. The van der Waals surface area contributed by atoms with Crippen LogP contribution >= 0.6 is 11.8 Å². The van der Waals surface area contributed by atoms with Gasteiger partial charge in [0.1, 0.15) is 0 Å². The van der Waals surface area contributed by atoms with Crippen LogP contribution in [0.5, 0.6) is 0 Å². The first-order valence-electron chi connectivity index (χ1n) is 11.1. The van der Waals surface area contributed by atoms with Gasteiger partial charge in [-0.05, 0) is 50.1 Å². The van der Waals surface area contributed by atoms with Gasteiger partial charge < -0.3 is 8.98 Å². The van der Waals surface area contributed by atoms with Gasteiger partial charge in [-0.25, -0.2) is 13.4 Å². The number of piperidine rings is 1. The van der Waals surface area contributed by atoms with E-state index in [0.29, 0.717) is 41.0 Å². The first-order valence-corrected chi connectivity index (χ1v) is 13.5. The van der Waals surface area contributed by atoms with Crippen LogP contribution < -0.4 is 0 Å². The molecule has 0 atom stereocenters. The Morgan fingerprint density at radius 3 is 2.58 bits per heavy atom. The van der Waals surface area contributed by atoms with Crippen LogP contribution in [0.4, 0.5) is 0 Å². The van der Waals surface area contributed by atoms with Crippen LogP contribution in [0, 0.1) is 0 Å². The summed E-state index contributed by atoms with van der Waals surface area (Å²) >= 11 is 1.50. The second kappa shape index (κ2) is 9.28. The van der Waals surface area contributed by atoms with Crippen molar-refractivity contribution < 1.29 is 12.8 Å². The number of sulfonamides is 1. The molecule has 0 radical (unpaired) electrons. The van der Waals surface area contributed by atoms with Gasteiger partial charge in [0, 0.05) is 25.2 Å². The van der Waals surface area contributed by atoms with E-state index in [4.69, 9.17) is 9.40 Å². The van der Waals surface area contributed by atoms with Gasteiger partial charge in [-0.15, -0.1) is 10.2 Å². The van der Waals surface area contributed by atoms with Crippen molar-refractivity contribution in [3.8, 4) is 11.5 Å². The lowest BCUT2D eigenvalue weighted by Crippen LogP contribution is -2.35. The van der Waals surface area contributed by atoms with E-state index in [1.165, 1.54) is 11.8 Å². The summed E-state index contributed by atoms with van der Waals surface area (Å²) in [5, 5.41) is 9.09. The molecule has 0 bridgehead atoms. The Hall–Kier alpha value is -2.69. The predicted molar refractivity (Wildman–Crippen MR) is 127 cm³/mol. The molecule has 0 saturated carbocycles. The molecular weight excluding hydrogens is 458 g/mol. The van der Waals surface area contributed by atoms with E-state index in [1.807, 2.05) is 43.3 Å². The third-order valence-electron chi connectivity index (χ3n) is 5.77. The third-order valence-corrected chi connectivity index (χ3v) is 8.62. The van der Waals surface area contributed by atoms with Crippen molar-refractivity contribution in [1.29, 1.82) is 0 Å². The average molecular weight is 484 g/mol. The number of hydrogen-bond donors (Lipinski definition) is 0. The highest BCUT2D eigenvalue weighted by molar-refractivity contribution is 7.98. The monoisotopic (exact) mass is 483 g/mol. The molecule has 1 aliphatic heterocycles. The number of aromatic nitrogens is 4. The molecule has 8 nitrogen and oxygen atoms in total. The van der Waals surface area contributed by atoms with Crippen LogP contribution in [-0.4, -0.2) is 45.6 Å². The number of benzene rings is 2. The molecule has 2 aromatic carbocycles. The zero-order valence-corrected chi connectivity index (χ0v) is 20.0. The fourth-order valence-electron chi connectivity index (χ4n) is 4.05. The van der Waals surface area contributed by atoms with Crippen molar-refractivity contribution in [3.63, 3.8) is 0 Å².